The number of aliphatic imine (C=N–C) groups is 1. The van der Waals surface area contributed by atoms with Crippen molar-refractivity contribution >= 4 is 29.1 Å². The van der Waals surface area contributed by atoms with Crippen LogP contribution in [0.1, 0.15) is 63.3 Å². The van der Waals surface area contributed by atoms with Crippen molar-refractivity contribution in [3.05, 3.63) is 44.5 Å². The van der Waals surface area contributed by atoms with Crippen molar-refractivity contribution in [1.82, 2.24) is 14.5 Å². The van der Waals surface area contributed by atoms with Crippen molar-refractivity contribution in [2.75, 3.05) is 23.3 Å². The molecule has 8 nitrogen and oxygen atoms in total. The van der Waals surface area contributed by atoms with Crippen LogP contribution in [-0.4, -0.2) is 45.4 Å². The Balaban J connectivity index is 1.43. The highest BCUT2D eigenvalue weighted by Gasteiger charge is 2.46. The van der Waals surface area contributed by atoms with E-state index >= 15 is 0 Å². The first-order chi connectivity index (χ1) is 16.2. The Labute approximate surface area is 205 Å². The summed E-state index contributed by atoms with van der Waals surface area (Å²) in [6.45, 7) is 8.43. The van der Waals surface area contributed by atoms with E-state index in [0.717, 1.165) is 31.9 Å². The minimum atomic E-state index is -0.0889. The molecular formula is C25H34ClN7O. The molecule has 1 saturated carbocycles. The van der Waals surface area contributed by atoms with Crippen molar-refractivity contribution < 1.29 is 0 Å². The van der Waals surface area contributed by atoms with Gasteiger partial charge in [0, 0.05) is 44.0 Å². The van der Waals surface area contributed by atoms with Gasteiger partial charge in [-0.25, -0.2) is 9.97 Å². The zero-order chi connectivity index (χ0) is 24.2. The van der Waals surface area contributed by atoms with Gasteiger partial charge in [-0.1, -0.05) is 18.5 Å². The number of piperidine rings is 1. The largest absolute Gasteiger partial charge is 0.367 e. The Bertz CT molecular complexity index is 1200. The molecule has 1 spiro atoms. The van der Waals surface area contributed by atoms with Gasteiger partial charge in [0.1, 0.15) is 5.82 Å². The summed E-state index contributed by atoms with van der Waals surface area (Å²) in [5.74, 6) is 1.90. The minimum Gasteiger partial charge on any atom is -0.367 e. The molecule has 1 aliphatic carbocycles. The third-order valence-electron chi connectivity index (χ3n) is 8.00. The highest BCUT2D eigenvalue weighted by Crippen LogP contribution is 2.48. The van der Waals surface area contributed by atoms with Crippen LogP contribution in [0.5, 0.6) is 0 Å². The van der Waals surface area contributed by atoms with Gasteiger partial charge in [0.2, 0.25) is 5.95 Å². The molecule has 9 heteroatoms. The summed E-state index contributed by atoms with van der Waals surface area (Å²) in [5.41, 5.74) is 9.29. The van der Waals surface area contributed by atoms with Gasteiger partial charge in [-0.2, -0.15) is 0 Å². The van der Waals surface area contributed by atoms with Gasteiger partial charge in [0.15, 0.2) is 0 Å². The predicted octanol–water partition coefficient (Wildman–Crippen LogP) is 3.34. The highest BCUT2D eigenvalue weighted by atomic mass is 35.5. The summed E-state index contributed by atoms with van der Waals surface area (Å²) in [6, 6.07) is 2.26. The topological polar surface area (TPSA) is 101 Å². The molecule has 2 aliphatic heterocycles. The summed E-state index contributed by atoms with van der Waals surface area (Å²) in [7, 11) is 1.80. The minimum absolute atomic E-state index is 0.0889. The van der Waals surface area contributed by atoms with E-state index in [1.165, 1.54) is 12.8 Å². The van der Waals surface area contributed by atoms with Crippen LogP contribution in [0, 0.1) is 11.3 Å². The van der Waals surface area contributed by atoms with Gasteiger partial charge >= 0.3 is 0 Å². The average Bonchev–Trinajstić information content (AvgIpc) is 3.35. The number of rotatable bonds is 4. The number of pyridine rings is 1. The van der Waals surface area contributed by atoms with E-state index in [-0.39, 0.29) is 23.1 Å². The predicted molar refractivity (Wildman–Crippen MR) is 137 cm³/mol. The SMILES string of the molecule is CC(C)Nc1nccc(C2=NCc3nc(N4CCC5(CC[C@@H](C)[C@H]5N)CC4)n(C)c(=O)c32)c1Cl. The first kappa shape index (κ1) is 23.3. The van der Waals surface area contributed by atoms with Crippen LogP contribution in [0.2, 0.25) is 5.02 Å². The molecule has 0 aromatic carbocycles. The smallest absolute Gasteiger partial charge is 0.264 e. The molecule has 0 radical (unpaired) electrons. The van der Waals surface area contributed by atoms with E-state index in [1.807, 2.05) is 19.9 Å². The monoisotopic (exact) mass is 483 g/mol. The molecule has 0 unspecified atom stereocenters. The van der Waals surface area contributed by atoms with Crippen LogP contribution in [0.25, 0.3) is 0 Å². The van der Waals surface area contributed by atoms with Gasteiger partial charge in [0.25, 0.3) is 5.56 Å². The summed E-state index contributed by atoms with van der Waals surface area (Å²) in [4.78, 5) is 29.8. The molecule has 2 atom stereocenters. The summed E-state index contributed by atoms with van der Waals surface area (Å²) in [6.07, 6.45) is 6.20. The zero-order valence-corrected chi connectivity index (χ0v) is 21.2. The normalized spacial score (nSPS) is 23.5. The van der Waals surface area contributed by atoms with Gasteiger partial charge in [-0.05, 0) is 56.9 Å². The van der Waals surface area contributed by atoms with E-state index in [4.69, 9.17) is 22.3 Å². The van der Waals surface area contributed by atoms with E-state index in [9.17, 15) is 4.79 Å². The van der Waals surface area contributed by atoms with Crippen LogP contribution < -0.4 is 21.5 Å². The fourth-order valence-electron chi connectivity index (χ4n) is 5.92. The Hall–Kier alpha value is -2.45. The van der Waals surface area contributed by atoms with Gasteiger partial charge in [-0.3, -0.25) is 14.4 Å². The molecule has 1 saturated heterocycles. The lowest BCUT2D eigenvalue weighted by atomic mass is 9.73. The molecule has 34 heavy (non-hydrogen) atoms. The summed E-state index contributed by atoms with van der Waals surface area (Å²) < 4.78 is 1.66. The standard InChI is InChI=1S/C25H34ClN7O/c1-14(2)30-22-19(26)16(6-10-28-22)20-18-17(13-29-20)31-24(32(4)23(18)34)33-11-8-25(9-12-33)7-5-15(3)21(25)27/h6,10,14-15,21H,5,7-9,11-13,27H2,1-4H3,(H,28,30)/t15-,21-/m1/s1. The average molecular weight is 484 g/mol. The quantitative estimate of drug-likeness (QED) is 0.691. The molecule has 3 aliphatic rings. The van der Waals surface area contributed by atoms with Crippen molar-refractivity contribution in [3.63, 3.8) is 0 Å². The zero-order valence-electron chi connectivity index (χ0n) is 20.4. The Morgan fingerprint density at radius 3 is 2.65 bits per heavy atom. The number of anilines is 2. The number of halogens is 1. The van der Waals surface area contributed by atoms with Crippen LogP contribution in [0.4, 0.5) is 11.8 Å². The lowest BCUT2D eigenvalue weighted by Crippen LogP contribution is -2.49. The lowest BCUT2D eigenvalue weighted by molar-refractivity contribution is 0.185. The summed E-state index contributed by atoms with van der Waals surface area (Å²) in [5, 5.41) is 3.72. The molecule has 2 fully saturated rings. The lowest BCUT2D eigenvalue weighted by Gasteiger charge is -2.43. The first-order valence-corrected chi connectivity index (χ1v) is 12.7. The summed E-state index contributed by atoms with van der Waals surface area (Å²) >= 11 is 6.67. The number of nitrogens with one attached hydrogen (secondary N) is 1. The highest BCUT2D eigenvalue weighted by molar-refractivity contribution is 6.37. The second-order valence-corrected chi connectivity index (χ2v) is 10.9. The van der Waals surface area contributed by atoms with Gasteiger partial charge < -0.3 is 16.0 Å². The van der Waals surface area contributed by atoms with E-state index in [1.54, 1.807) is 17.8 Å². The van der Waals surface area contributed by atoms with Crippen LogP contribution >= 0.6 is 11.6 Å². The fourth-order valence-corrected chi connectivity index (χ4v) is 6.18. The molecule has 182 valence electrons. The molecule has 0 amide bonds. The molecule has 0 bridgehead atoms. The maximum atomic E-state index is 13.5. The van der Waals surface area contributed by atoms with Crippen LogP contribution in [-0.2, 0) is 13.6 Å². The maximum absolute atomic E-state index is 13.5. The van der Waals surface area contributed by atoms with Crippen LogP contribution in [0.3, 0.4) is 0 Å². The Morgan fingerprint density at radius 1 is 1.26 bits per heavy atom. The molecule has 4 heterocycles. The number of nitrogens with two attached hydrogens (primary N) is 1. The molecule has 2 aromatic rings. The van der Waals surface area contributed by atoms with E-state index in [0.29, 0.717) is 45.8 Å². The van der Waals surface area contributed by atoms with Crippen molar-refractivity contribution in [2.45, 2.75) is 65.1 Å². The third kappa shape index (κ3) is 3.71. The number of hydrogen-bond acceptors (Lipinski definition) is 7. The van der Waals surface area contributed by atoms with E-state index < -0.39 is 0 Å². The Morgan fingerprint density at radius 2 is 2.00 bits per heavy atom. The molecular weight excluding hydrogens is 450 g/mol. The Kier molecular flexibility index (Phi) is 5.92. The van der Waals surface area contributed by atoms with Crippen molar-refractivity contribution in [2.24, 2.45) is 29.1 Å². The molecule has 2 aromatic heterocycles. The van der Waals surface area contributed by atoms with Gasteiger partial charge in [0.05, 0.1) is 28.5 Å². The van der Waals surface area contributed by atoms with Crippen molar-refractivity contribution in [3.8, 4) is 0 Å². The second kappa shape index (κ2) is 8.64. The van der Waals surface area contributed by atoms with Crippen LogP contribution in [0.15, 0.2) is 22.1 Å². The van der Waals surface area contributed by atoms with Gasteiger partial charge in [-0.15, -0.1) is 0 Å². The van der Waals surface area contributed by atoms with Crippen molar-refractivity contribution in [1.29, 1.82) is 0 Å². The number of nitrogens with zero attached hydrogens (tertiary/aromatic N) is 5. The first-order valence-electron chi connectivity index (χ1n) is 12.3. The number of fused-ring (bicyclic) bond motifs is 1. The maximum Gasteiger partial charge on any atom is 0.264 e. The third-order valence-corrected chi connectivity index (χ3v) is 8.38. The number of hydrogen-bond donors (Lipinski definition) is 2. The van der Waals surface area contributed by atoms with E-state index in [2.05, 4.69) is 27.1 Å². The second-order valence-electron chi connectivity index (χ2n) is 10.5. The molecule has 3 N–H and O–H groups in total. The fraction of sp³-hybridized carbons (Fsp3) is 0.600. The molecule has 5 rings (SSSR count). The number of aromatic nitrogens is 3.